The minimum absolute atomic E-state index is 0.172. The summed E-state index contributed by atoms with van der Waals surface area (Å²) in [7, 11) is 0. The number of aromatic nitrogens is 3. The second kappa shape index (κ2) is 8.20. The number of amides is 1. The minimum Gasteiger partial charge on any atom is -0.352 e. The van der Waals surface area contributed by atoms with Gasteiger partial charge >= 0.3 is 0 Å². The van der Waals surface area contributed by atoms with Crippen molar-refractivity contribution in [2.75, 3.05) is 36.4 Å². The van der Waals surface area contributed by atoms with E-state index in [0.717, 1.165) is 61.6 Å². The van der Waals surface area contributed by atoms with E-state index in [0.29, 0.717) is 5.95 Å². The van der Waals surface area contributed by atoms with Crippen LogP contribution in [0.1, 0.15) is 38.8 Å². The average molecular weight is 342 g/mol. The zero-order chi connectivity index (χ0) is 17.6. The molecule has 0 aromatic carbocycles. The van der Waals surface area contributed by atoms with Crippen molar-refractivity contribution in [3.63, 3.8) is 0 Å². The fourth-order valence-electron chi connectivity index (χ4n) is 3.05. The first-order valence-corrected chi connectivity index (χ1v) is 9.08. The van der Waals surface area contributed by atoms with Gasteiger partial charge in [0.25, 0.3) is 0 Å². The van der Waals surface area contributed by atoms with E-state index >= 15 is 0 Å². The quantitative estimate of drug-likeness (QED) is 0.783. The molecule has 0 spiro atoms. The molecule has 0 saturated carbocycles. The summed E-state index contributed by atoms with van der Waals surface area (Å²) >= 11 is 0. The molecule has 1 aliphatic rings. The fourth-order valence-corrected chi connectivity index (χ4v) is 3.05. The van der Waals surface area contributed by atoms with Crippen molar-refractivity contribution in [1.29, 1.82) is 0 Å². The lowest BCUT2D eigenvalue weighted by Gasteiger charge is -2.29. The maximum Gasteiger partial charge on any atom is 0.232 e. The molecule has 3 heterocycles. The predicted molar refractivity (Wildman–Crippen MR) is 99.9 cm³/mol. The van der Waals surface area contributed by atoms with Crippen molar-refractivity contribution >= 4 is 28.7 Å². The molecule has 2 N–H and O–H groups in total. The van der Waals surface area contributed by atoms with Crippen LogP contribution in [0.5, 0.6) is 0 Å². The number of nitrogens with zero attached hydrogens (tertiary/aromatic N) is 4. The lowest BCUT2D eigenvalue weighted by Crippen LogP contribution is -2.44. The largest absolute Gasteiger partial charge is 0.352 e. The first kappa shape index (κ1) is 17.5. The summed E-state index contributed by atoms with van der Waals surface area (Å²) in [5.41, 5.74) is 2.67. The Morgan fingerprint density at radius 3 is 2.72 bits per heavy atom. The highest BCUT2D eigenvalue weighted by molar-refractivity contribution is 5.91. The molecule has 0 unspecified atom stereocenters. The van der Waals surface area contributed by atoms with Gasteiger partial charge in [-0.2, -0.15) is 4.98 Å². The third kappa shape index (κ3) is 4.42. The highest BCUT2D eigenvalue weighted by Gasteiger charge is 2.18. The number of carbonyl (C=O) groups is 1. The van der Waals surface area contributed by atoms with Gasteiger partial charge in [0.05, 0.1) is 5.52 Å². The Morgan fingerprint density at radius 2 is 2.00 bits per heavy atom. The van der Waals surface area contributed by atoms with Gasteiger partial charge in [0.2, 0.25) is 11.9 Å². The summed E-state index contributed by atoms with van der Waals surface area (Å²) in [6.45, 7) is 7.23. The second-order valence-corrected chi connectivity index (χ2v) is 6.42. The van der Waals surface area contributed by atoms with Crippen LogP contribution in [-0.2, 0) is 11.2 Å². The van der Waals surface area contributed by atoms with Crippen LogP contribution in [0, 0.1) is 0 Å². The first-order valence-electron chi connectivity index (χ1n) is 9.08. The van der Waals surface area contributed by atoms with Crippen LogP contribution in [-0.4, -0.2) is 47.0 Å². The number of piperazine rings is 1. The summed E-state index contributed by atoms with van der Waals surface area (Å²) in [6, 6.07) is 4.02. The van der Waals surface area contributed by atoms with Crippen LogP contribution >= 0.6 is 0 Å². The number of nitrogens with one attached hydrogen (secondary N) is 2. The van der Waals surface area contributed by atoms with E-state index in [9.17, 15) is 4.79 Å². The molecule has 3 rings (SSSR count). The molecule has 0 radical (unpaired) electrons. The molecule has 1 amide bonds. The van der Waals surface area contributed by atoms with Gasteiger partial charge in [-0.05, 0) is 25.0 Å². The van der Waals surface area contributed by atoms with Gasteiger partial charge in [0.15, 0.2) is 5.82 Å². The number of pyridine rings is 1. The normalized spacial score (nSPS) is 14.7. The molecule has 0 aliphatic carbocycles. The zero-order valence-corrected chi connectivity index (χ0v) is 15.0. The summed E-state index contributed by atoms with van der Waals surface area (Å²) < 4.78 is 0. The van der Waals surface area contributed by atoms with E-state index in [4.69, 9.17) is 4.98 Å². The minimum atomic E-state index is -0.172. The number of anilines is 2. The lowest BCUT2D eigenvalue weighted by atomic mass is 10.1. The van der Waals surface area contributed by atoms with Gasteiger partial charge in [-0.15, -0.1) is 0 Å². The van der Waals surface area contributed by atoms with Gasteiger partial charge in [-0.25, -0.2) is 9.97 Å². The fraction of sp³-hybridized carbons (Fsp3) is 0.556. The van der Waals surface area contributed by atoms with Gasteiger partial charge in [-0.1, -0.05) is 19.8 Å². The van der Waals surface area contributed by atoms with Crippen LogP contribution in [0.15, 0.2) is 12.1 Å². The highest BCUT2D eigenvalue weighted by atomic mass is 16.1. The molecular weight excluding hydrogens is 316 g/mol. The summed E-state index contributed by atoms with van der Waals surface area (Å²) in [6.07, 6.45) is 4.52. The number of hydrogen-bond acceptors (Lipinski definition) is 6. The predicted octanol–water partition coefficient (Wildman–Crippen LogP) is 2.13. The second-order valence-electron chi connectivity index (χ2n) is 6.42. The molecule has 2 aromatic rings. The topological polar surface area (TPSA) is 83.0 Å². The van der Waals surface area contributed by atoms with E-state index in [2.05, 4.69) is 32.4 Å². The Kier molecular flexibility index (Phi) is 5.75. The van der Waals surface area contributed by atoms with E-state index in [1.807, 2.05) is 12.1 Å². The molecule has 0 atom stereocenters. The van der Waals surface area contributed by atoms with Crippen molar-refractivity contribution in [2.45, 2.75) is 39.5 Å². The molecule has 1 saturated heterocycles. The lowest BCUT2D eigenvalue weighted by molar-refractivity contribution is -0.114. The van der Waals surface area contributed by atoms with Gasteiger partial charge < -0.3 is 10.2 Å². The van der Waals surface area contributed by atoms with Crippen LogP contribution in [0.3, 0.4) is 0 Å². The monoisotopic (exact) mass is 342 g/mol. The molecular formula is C18H26N6O. The van der Waals surface area contributed by atoms with Crippen LogP contribution in [0.4, 0.5) is 11.8 Å². The summed E-state index contributed by atoms with van der Waals surface area (Å²) in [5.74, 6) is 0.983. The number of aryl methyl sites for hydroxylation is 1. The molecule has 1 fully saturated rings. The molecule has 2 aromatic heterocycles. The third-order valence-electron chi connectivity index (χ3n) is 4.32. The summed E-state index contributed by atoms with van der Waals surface area (Å²) in [5, 5.41) is 6.05. The van der Waals surface area contributed by atoms with E-state index in [1.54, 1.807) is 0 Å². The van der Waals surface area contributed by atoms with E-state index in [1.165, 1.54) is 19.8 Å². The standard InChI is InChI=1S/C18H26N6O/c1-3-4-5-6-14-7-8-15-16(21-14)17(24-11-9-19-10-12-24)23-18(22-15)20-13(2)25/h7-8,19H,3-6,9-12H2,1-2H3,(H,20,22,23,25). The molecule has 1 aliphatic heterocycles. The third-order valence-corrected chi connectivity index (χ3v) is 4.32. The molecule has 0 bridgehead atoms. The maximum absolute atomic E-state index is 11.4. The number of unbranched alkanes of at least 4 members (excludes halogenated alkanes) is 2. The van der Waals surface area contributed by atoms with E-state index in [-0.39, 0.29) is 5.91 Å². The van der Waals surface area contributed by atoms with Crippen molar-refractivity contribution in [1.82, 2.24) is 20.3 Å². The molecule has 7 nitrogen and oxygen atoms in total. The van der Waals surface area contributed by atoms with Gasteiger partial charge in [0, 0.05) is 38.8 Å². The van der Waals surface area contributed by atoms with Crippen molar-refractivity contribution < 1.29 is 4.79 Å². The number of fused-ring (bicyclic) bond motifs is 1. The SMILES string of the molecule is CCCCCc1ccc2nc(NC(C)=O)nc(N3CCNCC3)c2n1. The van der Waals surface area contributed by atoms with Crippen LogP contribution in [0.2, 0.25) is 0 Å². The summed E-state index contributed by atoms with van der Waals surface area (Å²) in [4.78, 5) is 27.5. The molecule has 7 heteroatoms. The number of rotatable bonds is 6. The van der Waals surface area contributed by atoms with Gasteiger partial charge in [-0.3, -0.25) is 10.1 Å². The van der Waals surface area contributed by atoms with Crippen LogP contribution < -0.4 is 15.5 Å². The molecule has 134 valence electrons. The van der Waals surface area contributed by atoms with Crippen LogP contribution in [0.25, 0.3) is 11.0 Å². The Morgan fingerprint density at radius 1 is 1.20 bits per heavy atom. The smallest absolute Gasteiger partial charge is 0.232 e. The first-order chi connectivity index (χ1) is 12.2. The molecule has 25 heavy (non-hydrogen) atoms. The van der Waals surface area contributed by atoms with Crippen molar-refractivity contribution in [3.05, 3.63) is 17.8 Å². The van der Waals surface area contributed by atoms with Crippen molar-refractivity contribution in [2.24, 2.45) is 0 Å². The average Bonchev–Trinajstić information content (AvgIpc) is 2.62. The number of carbonyl (C=O) groups excluding carboxylic acids is 1. The van der Waals surface area contributed by atoms with Crippen molar-refractivity contribution in [3.8, 4) is 0 Å². The number of hydrogen-bond donors (Lipinski definition) is 2. The zero-order valence-electron chi connectivity index (χ0n) is 15.0. The Balaban J connectivity index is 1.99. The highest BCUT2D eigenvalue weighted by Crippen LogP contribution is 2.25. The van der Waals surface area contributed by atoms with Gasteiger partial charge in [0.1, 0.15) is 5.52 Å². The Hall–Kier alpha value is -2.28. The Labute approximate surface area is 148 Å². The van der Waals surface area contributed by atoms with E-state index < -0.39 is 0 Å². The maximum atomic E-state index is 11.4. The Bertz CT molecular complexity index is 742.